The van der Waals surface area contributed by atoms with Gasteiger partial charge in [-0.1, -0.05) is 12.1 Å². The van der Waals surface area contributed by atoms with Gasteiger partial charge in [-0.25, -0.2) is 0 Å². The second-order valence-corrected chi connectivity index (χ2v) is 4.93. The van der Waals surface area contributed by atoms with Gasteiger partial charge in [0.2, 0.25) is 5.43 Å². The predicted octanol–water partition coefficient (Wildman–Crippen LogP) is 3.00. The Kier molecular flexibility index (Phi) is 5.73. The van der Waals surface area contributed by atoms with E-state index in [0.29, 0.717) is 22.7 Å². The van der Waals surface area contributed by atoms with Crippen LogP contribution in [0.25, 0.3) is 6.08 Å². The molecule has 0 radical (unpaired) electrons. The van der Waals surface area contributed by atoms with E-state index < -0.39 is 0 Å². The minimum Gasteiger partial charge on any atom is -0.497 e. The van der Waals surface area contributed by atoms with Crippen LogP contribution in [0, 0.1) is 0 Å². The number of hydrogen-bond donors (Lipinski definition) is 1. The van der Waals surface area contributed by atoms with Gasteiger partial charge in [0.1, 0.15) is 11.5 Å². The third-order valence-corrected chi connectivity index (χ3v) is 3.51. The summed E-state index contributed by atoms with van der Waals surface area (Å²) >= 11 is 0. The van der Waals surface area contributed by atoms with E-state index in [4.69, 9.17) is 9.47 Å². The first-order chi connectivity index (χ1) is 11.6. The largest absolute Gasteiger partial charge is 0.497 e. The molecule has 0 aliphatic rings. The fourth-order valence-electron chi connectivity index (χ4n) is 2.22. The number of methoxy groups -OCH3 is 2. The summed E-state index contributed by atoms with van der Waals surface area (Å²) in [5.74, 6) is 0.880. The van der Waals surface area contributed by atoms with Gasteiger partial charge in [0.05, 0.1) is 25.5 Å². The first kappa shape index (κ1) is 17.3. The maximum absolute atomic E-state index is 12.4. The molecule has 124 valence electrons. The van der Waals surface area contributed by atoms with Crippen molar-refractivity contribution in [3.8, 4) is 11.5 Å². The van der Waals surface area contributed by atoms with Crippen molar-refractivity contribution in [2.24, 2.45) is 0 Å². The summed E-state index contributed by atoms with van der Waals surface area (Å²) in [7, 11) is 4.75. The minimum absolute atomic E-state index is 0.0995. The molecule has 24 heavy (non-hydrogen) atoms. The Hall–Kier alpha value is -3.08. The van der Waals surface area contributed by atoms with E-state index in [-0.39, 0.29) is 16.8 Å². The second-order valence-electron chi connectivity index (χ2n) is 4.93. The quantitative estimate of drug-likeness (QED) is 0.653. The average Bonchev–Trinajstić information content (AvgIpc) is 2.80. The van der Waals surface area contributed by atoms with Crippen LogP contribution >= 0.6 is 0 Å². The number of carbonyl (C=O) groups excluding carboxylic acids is 1. The second kappa shape index (κ2) is 7.97. The van der Waals surface area contributed by atoms with Crippen LogP contribution in [0.4, 0.5) is 5.69 Å². The fourth-order valence-corrected chi connectivity index (χ4v) is 2.22. The number of hydrogen-bond acceptors (Lipinski definition) is 5. The van der Waals surface area contributed by atoms with Gasteiger partial charge in [0, 0.05) is 12.6 Å². The number of rotatable bonds is 6. The first-order valence-electron chi connectivity index (χ1n) is 7.36. The van der Waals surface area contributed by atoms with Gasteiger partial charge < -0.3 is 14.8 Å². The highest BCUT2D eigenvalue weighted by Gasteiger charge is 2.09. The lowest BCUT2D eigenvalue weighted by atomic mass is 10.1. The maximum atomic E-state index is 12.4. The molecule has 5 heteroatoms. The van der Waals surface area contributed by atoms with E-state index in [1.807, 2.05) is 0 Å². The van der Waals surface area contributed by atoms with E-state index in [2.05, 4.69) is 5.32 Å². The highest BCUT2D eigenvalue weighted by atomic mass is 16.5. The molecule has 1 N–H and O–H groups in total. The zero-order valence-electron chi connectivity index (χ0n) is 13.8. The van der Waals surface area contributed by atoms with Crippen molar-refractivity contribution in [3.63, 3.8) is 0 Å². The third-order valence-electron chi connectivity index (χ3n) is 3.51. The van der Waals surface area contributed by atoms with E-state index in [1.165, 1.54) is 12.1 Å². The van der Waals surface area contributed by atoms with Crippen LogP contribution in [0.2, 0.25) is 0 Å². The molecule has 2 rings (SSSR count). The molecule has 0 spiro atoms. The van der Waals surface area contributed by atoms with Gasteiger partial charge >= 0.3 is 0 Å². The first-order valence-corrected chi connectivity index (χ1v) is 7.36. The van der Waals surface area contributed by atoms with Crippen molar-refractivity contribution in [2.45, 2.75) is 0 Å². The third kappa shape index (κ3) is 3.81. The van der Waals surface area contributed by atoms with Gasteiger partial charge in [-0.2, -0.15) is 0 Å². The highest BCUT2D eigenvalue weighted by Crippen LogP contribution is 2.25. The summed E-state index contributed by atoms with van der Waals surface area (Å²) in [6.07, 6.45) is 2.96. The van der Waals surface area contributed by atoms with E-state index in [1.54, 1.807) is 63.7 Å². The molecule has 0 aliphatic heterocycles. The molecular weight excluding hydrogens is 306 g/mol. The summed E-state index contributed by atoms with van der Waals surface area (Å²) in [6, 6.07) is 11.8. The molecule has 0 heterocycles. The van der Waals surface area contributed by atoms with Gasteiger partial charge in [0.25, 0.3) is 0 Å². The number of benzene rings is 1. The summed E-state index contributed by atoms with van der Waals surface area (Å²) in [4.78, 5) is 24.7. The number of allylic oxidation sites excluding steroid dienone is 1. The Morgan fingerprint density at radius 2 is 1.83 bits per heavy atom. The molecule has 0 saturated carbocycles. The van der Waals surface area contributed by atoms with Crippen molar-refractivity contribution in [3.05, 3.63) is 69.9 Å². The number of carbonyl (C=O) groups is 1. The number of nitrogens with one attached hydrogen (secondary N) is 1. The Morgan fingerprint density at radius 1 is 1.08 bits per heavy atom. The van der Waals surface area contributed by atoms with Gasteiger partial charge in [-0.15, -0.1) is 0 Å². The molecule has 0 aliphatic carbocycles. The SMILES string of the molecule is CNc1ccccc(C(=O)C=Cc2cc(OC)ccc2OC)c1=O. The summed E-state index contributed by atoms with van der Waals surface area (Å²) < 4.78 is 10.4. The van der Waals surface area contributed by atoms with Crippen molar-refractivity contribution in [1.82, 2.24) is 0 Å². The number of ketones is 1. The van der Waals surface area contributed by atoms with Gasteiger partial charge in [-0.3, -0.25) is 9.59 Å². The van der Waals surface area contributed by atoms with E-state index in [0.717, 1.165) is 0 Å². The molecule has 0 atom stereocenters. The lowest BCUT2D eigenvalue weighted by Gasteiger charge is -2.07. The van der Waals surface area contributed by atoms with Crippen LogP contribution in [0.15, 0.2) is 53.3 Å². The zero-order valence-corrected chi connectivity index (χ0v) is 13.8. The van der Waals surface area contributed by atoms with Crippen molar-refractivity contribution in [1.29, 1.82) is 0 Å². The molecule has 5 nitrogen and oxygen atoms in total. The summed E-state index contributed by atoms with van der Waals surface area (Å²) in [5.41, 5.74) is 0.819. The molecule has 0 aromatic heterocycles. The van der Waals surface area contributed by atoms with Gasteiger partial charge in [0.15, 0.2) is 5.78 Å². The molecular formula is C19H19NO4. The van der Waals surface area contributed by atoms with Crippen LogP contribution < -0.4 is 20.2 Å². The van der Waals surface area contributed by atoms with Crippen molar-refractivity contribution in [2.75, 3.05) is 26.6 Å². The van der Waals surface area contributed by atoms with E-state index >= 15 is 0 Å². The molecule has 2 aromatic carbocycles. The average molecular weight is 325 g/mol. The Balaban J connectivity index is 2.39. The minimum atomic E-state index is -0.377. The Labute approximate surface area is 140 Å². The lowest BCUT2D eigenvalue weighted by molar-refractivity contribution is 0.104. The monoisotopic (exact) mass is 325 g/mol. The molecule has 0 fully saturated rings. The van der Waals surface area contributed by atoms with Crippen LogP contribution in [0.5, 0.6) is 11.5 Å². The van der Waals surface area contributed by atoms with Crippen LogP contribution in [-0.4, -0.2) is 27.1 Å². The zero-order chi connectivity index (χ0) is 17.5. The highest BCUT2D eigenvalue weighted by molar-refractivity contribution is 6.07. The fraction of sp³-hybridized carbons (Fsp3) is 0.158. The smallest absolute Gasteiger partial charge is 0.212 e. The number of ether oxygens (including phenoxy) is 2. The van der Waals surface area contributed by atoms with Crippen molar-refractivity contribution >= 4 is 17.5 Å². The van der Waals surface area contributed by atoms with E-state index in [9.17, 15) is 9.59 Å². The Morgan fingerprint density at radius 3 is 2.50 bits per heavy atom. The molecule has 2 aromatic rings. The number of anilines is 1. The van der Waals surface area contributed by atoms with Crippen LogP contribution in [0.3, 0.4) is 0 Å². The lowest BCUT2D eigenvalue weighted by Crippen LogP contribution is -2.14. The molecule has 0 unspecified atom stereocenters. The topological polar surface area (TPSA) is 64.6 Å². The molecule has 0 saturated heterocycles. The summed E-state index contributed by atoms with van der Waals surface area (Å²) in [5, 5.41) is 2.79. The standard InChI is InChI=1S/C19H19NO4/c1-20-16-7-5-4-6-15(19(16)22)17(21)10-8-13-12-14(23-2)9-11-18(13)24-3/h4-12H,1-3H3,(H,20,22). The molecule has 0 amide bonds. The van der Waals surface area contributed by atoms with Crippen LogP contribution in [-0.2, 0) is 0 Å². The summed E-state index contributed by atoms with van der Waals surface area (Å²) in [6.45, 7) is 0. The Bertz CT molecular complexity index is 828. The maximum Gasteiger partial charge on any atom is 0.212 e. The van der Waals surface area contributed by atoms with Crippen molar-refractivity contribution < 1.29 is 14.3 Å². The van der Waals surface area contributed by atoms with Crippen LogP contribution in [0.1, 0.15) is 15.9 Å². The van der Waals surface area contributed by atoms with Gasteiger partial charge in [-0.05, 0) is 42.5 Å². The molecule has 0 bridgehead atoms. The normalized spacial score (nSPS) is 10.5. The predicted molar refractivity (Wildman–Crippen MR) is 95.2 cm³/mol.